The van der Waals surface area contributed by atoms with Crippen LogP contribution >= 0.6 is 0 Å². The lowest BCUT2D eigenvalue weighted by molar-refractivity contribution is -0.145. The van der Waals surface area contributed by atoms with Crippen molar-refractivity contribution in [2.24, 2.45) is 5.92 Å². The van der Waals surface area contributed by atoms with Gasteiger partial charge in [0.05, 0.1) is 24.1 Å². The SMILES string of the molecule is CC1COC(=O)CCCCC=CCC(CC(=O)NC2(CO)CCCC2)C(=O)N1. The van der Waals surface area contributed by atoms with Crippen molar-refractivity contribution in [1.29, 1.82) is 0 Å². The number of aliphatic hydroxyl groups is 1. The van der Waals surface area contributed by atoms with Crippen LogP contribution in [0, 0.1) is 5.92 Å². The van der Waals surface area contributed by atoms with Gasteiger partial charge in [0.1, 0.15) is 6.61 Å². The largest absolute Gasteiger partial charge is 0.464 e. The number of hydrogen-bond donors (Lipinski definition) is 3. The first kappa shape index (κ1) is 22.4. The number of carbonyl (C=O) groups excluding carboxylic acids is 3. The molecular weight excluding hydrogens is 360 g/mol. The lowest BCUT2D eigenvalue weighted by Gasteiger charge is -2.29. The van der Waals surface area contributed by atoms with Crippen molar-refractivity contribution in [2.75, 3.05) is 13.2 Å². The molecule has 2 atom stereocenters. The number of carbonyl (C=O) groups is 3. The van der Waals surface area contributed by atoms with E-state index in [-0.39, 0.29) is 43.5 Å². The monoisotopic (exact) mass is 394 g/mol. The van der Waals surface area contributed by atoms with Gasteiger partial charge >= 0.3 is 5.97 Å². The number of esters is 1. The Morgan fingerprint density at radius 2 is 2.00 bits per heavy atom. The molecule has 1 saturated carbocycles. The molecule has 158 valence electrons. The summed E-state index contributed by atoms with van der Waals surface area (Å²) in [5.74, 6) is -1.16. The molecule has 0 aromatic rings. The Hall–Kier alpha value is -1.89. The summed E-state index contributed by atoms with van der Waals surface area (Å²) in [6.45, 7) is 1.84. The Balaban J connectivity index is 1.99. The number of amides is 2. The lowest BCUT2D eigenvalue weighted by Crippen LogP contribution is -2.50. The molecule has 2 unspecified atom stereocenters. The smallest absolute Gasteiger partial charge is 0.305 e. The second-order valence-electron chi connectivity index (χ2n) is 8.14. The predicted octanol–water partition coefficient (Wildman–Crippen LogP) is 1.98. The van der Waals surface area contributed by atoms with E-state index in [4.69, 9.17) is 4.74 Å². The van der Waals surface area contributed by atoms with Gasteiger partial charge in [0.15, 0.2) is 0 Å². The van der Waals surface area contributed by atoms with Gasteiger partial charge in [0.2, 0.25) is 11.8 Å². The zero-order valence-electron chi connectivity index (χ0n) is 16.9. The van der Waals surface area contributed by atoms with Gasteiger partial charge in [-0.05, 0) is 45.4 Å². The molecule has 7 heteroatoms. The third-order valence-corrected chi connectivity index (χ3v) is 5.54. The van der Waals surface area contributed by atoms with Crippen LogP contribution in [-0.2, 0) is 19.1 Å². The van der Waals surface area contributed by atoms with E-state index in [9.17, 15) is 19.5 Å². The molecule has 7 nitrogen and oxygen atoms in total. The Bertz CT molecular complexity index is 569. The maximum absolute atomic E-state index is 12.7. The standard InChI is InChI=1S/C21H34N2O5/c1-16-14-28-19(26)10-6-4-2-3-5-9-17(20(27)22-16)13-18(25)23-21(15-24)11-7-8-12-21/h3,5,16-17,24H,2,4,6-15H2,1H3,(H,22,27)(H,23,25). The van der Waals surface area contributed by atoms with E-state index < -0.39 is 11.5 Å². The van der Waals surface area contributed by atoms with Crippen molar-refractivity contribution in [3.8, 4) is 0 Å². The molecule has 2 rings (SSSR count). The minimum atomic E-state index is -0.535. The van der Waals surface area contributed by atoms with E-state index in [2.05, 4.69) is 10.6 Å². The topological polar surface area (TPSA) is 105 Å². The van der Waals surface area contributed by atoms with Gasteiger partial charge in [0.25, 0.3) is 0 Å². The Morgan fingerprint density at radius 3 is 2.71 bits per heavy atom. The van der Waals surface area contributed by atoms with E-state index in [1.807, 2.05) is 12.2 Å². The fourth-order valence-corrected chi connectivity index (χ4v) is 3.83. The average Bonchev–Trinajstić information content (AvgIpc) is 3.12. The second-order valence-corrected chi connectivity index (χ2v) is 8.14. The third kappa shape index (κ3) is 7.26. The number of cyclic esters (lactones) is 1. The highest BCUT2D eigenvalue weighted by Gasteiger charge is 2.35. The molecule has 1 heterocycles. The fourth-order valence-electron chi connectivity index (χ4n) is 3.83. The molecule has 1 fully saturated rings. The van der Waals surface area contributed by atoms with Gasteiger partial charge in [0, 0.05) is 12.8 Å². The Morgan fingerprint density at radius 1 is 1.25 bits per heavy atom. The highest BCUT2D eigenvalue weighted by Crippen LogP contribution is 2.29. The Kier molecular flexibility index (Phi) is 8.96. The van der Waals surface area contributed by atoms with Crippen molar-refractivity contribution in [3.05, 3.63) is 12.2 Å². The van der Waals surface area contributed by atoms with Crippen molar-refractivity contribution in [2.45, 2.75) is 82.7 Å². The molecular formula is C21H34N2O5. The quantitative estimate of drug-likeness (QED) is 0.500. The van der Waals surface area contributed by atoms with Crippen molar-refractivity contribution < 1.29 is 24.2 Å². The number of hydrogen-bond acceptors (Lipinski definition) is 5. The van der Waals surface area contributed by atoms with Crippen LogP contribution in [0.3, 0.4) is 0 Å². The van der Waals surface area contributed by atoms with Crippen molar-refractivity contribution in [3.63, 3.8) is 0 Å². The Labute approximate surface area is 167 Å². The molecule has 2 aliphatic rings. The van der Waals surface area contributed by atoms with Crippen LogP contribution in [0.5, 0.6) is 0 Å². The first-order valence-electron chi connectivity index (χ1n) is 10.5. The van der Waals surface area contributed by atoms with Crippen molar-refractivity contribution >= 4 is 17.8 Å². The van der Waals surface area contributed by atoms with Gasteiger partial charge in [-0.25, -0.2) is 0 Å². The normalized spacial score (nSPS) is 26.8. The predicted molar refractivity (Wildman–Crippen MR) is 105 cm³/mol. The van der Waals surface area contributed by atoms with E-state index in [0.717, 1.165) is 44.9 Å². The van der Waals surface area contributed by atoms with Crippen LogP contribution < -0.4 is 10.6 Å². The average molecular weight is 395 g/mol. The molecule has 0 aromatic heterocycles. The summed E-state index contributed by atoms with van der Waals surface area (Å²) in [6.07, 6.45) is 10.9. The van der Waals surface area contributed by atoms with Gasteiger partial charge < -0.3 is 20.5 Å². The number of allylic oxidation sites excluding steroid dienone is 2. The van der Waals surface area contributed by atoms with Crippen LogP contribution in [0.15, 0.2) is 12.2 Å². The number of rotatable bonds is 4. The molecule has 1 aliphatic carbocycles. The zero-order valence-corrected chi connectivity index (χ0v) is 16.9. The summed E-state index contributed by atoms with van der Waals surface area (Å²) in [4.78, 5) is 37.0. The summed E-state index contributed by atoms with van der Waals surface area (Å²) in [6, 6.07) is -0.312. The summed E-state index contributed by atoms with van der Waals surface area (Å²) < 4.78 is 5.20. The van der Waals surface area contributed by atoms with E-state index in [1.165, 1.54) is 0 Å². The van der Waals surface area contributed by atoms with Crippen LogP contribution in [0.4, 0.5) is 0 Å². The number of aliphatic hydroxyl groups excluding tert-OH is 1. The molecule has 0 radical (unpaired) electrons. The van der Waals surface area contributed by atoms with Gasteiger partial charge in [-0.3, -0.25) is 14.4 Å². The minimum Gasteiger partial charge on any atom is -0.464 e. The molecule has 0 aromatic carbocycles. The first-order chi connectivity index (χ1) is 13.4. The van der Waals surface area contributed by atoms with Crippen LogP contribution in [0.2, 0.25) is 0 Å². The van der Waals surface area contributed by atoms with Crippen molar-refractivity contribution in [1.82, 2.24) is 10.6 Å². The van der Waals surface area contributed by atoms with Gasteiger partial charge in [-0.2, -0.15) is 0 Å². The molecule has 0 bridgehead atoms. The summed E-state index contributed by atoms with van der Waals surface area (Å²) in [5.41, 5.74) is -0.535. The molecule has 0 spiro atoms. The maximum Gasteiger partial charge on any atom is 0.305 e. The lowest BCUT2D eigenvalue weighted by atomic mass is 9.95. The molecule has 2 amide bonds. The van der Waals surface area contributed by atoms with Crippen LogP contribution in [0.1, 0.15) is 71.1 Å². The summed E-state index contributed by atoms with van der Waals surface area (Å²) >= 11 is 0. The van der Waals surface area contributed by atoms with Crippen LogP contribution in [0.25, 0.3) is 0 Å². The fraction of sp³-hybridized carbons (Fsp3) is 0.762. The third-order valence-electron chi connectivity index (χ3n) is 5.54. The number of ether oxygens (including phenoxy) is 1. The molecule has 28 heavy (non-hydrogen) atoms. The molecule has 0 saturated heterocycles. The minimum absolute atomic E-state index is 0.0715. The first-order valence-corrected chi connectivity index (χ1v) is 10.5. The van der Waals surface area contributed by atoms with E-state index in [0.29, 0.717) is 12.8 Å². The number of nitrogens with one attached hydrogen (secondary N) is 2. The molecule has 3 N–H and O–H groups in total. The van der Waals surface area contributed by atoms with Crippen LogP contribution in [-0.4, -0.2) is 47.7 Å². The summed E-state index contributed by atoms with van der Waals surface area (Å²) in [7, 11) is 0. The van der Waals surface area contributed by atoms with Gasteiger partial charge in [-0.1, -0.05) is 25.0 Å². The zero-order chi connectivity index (χ0) is 20.4. The van der Waals surface area contributed by atoms with Gasteiger partial charge in [-0.15, -0.1) is 0 Å². The second kappa shape index (κ2) is 11.2. The highest BCUT2D eigenvalue weighted by atomic mass is 16.5. The molecule has 1 aliphatic heterocycles. The van der Waals surface area contributed by atoms with E-state index >= 15 is 0 Å². The summed E-state index contributed by atoms with van der Waals surface area (Å²) in [5, 5.41) is 15.5. The van der Waals surface area contributed by atoms with E-state index in [1.54, 1.807) is 6.92 Å². The highest BCUT2D eigenvalue weighted by molar-refractivity contribution is 5.86. The maximum atomic E-state index is 12.7.